The summed E-state index contributed by atoms with van der Waals surface area (Å²) < 4.78 is 5.31. The summed E-state index contributed by atoms with van der Waals surface area (Å²) in [6, 6.07) is 5.49. The molecule has 0 aliphatic carbocycles. The zero-order chi connectivity index (χ0) is 20.0. The van der Waals surface area contributed by atoms with Gasteiger partial charge in [0.15, 0.2) is 5.12 Å². The number of nitro groups is 1. The molecule has 2 rings (SSSR count). The van der Waals surface area contributed by atoms with Crippen molar-refractivity contribution in [3.05, 3.63) is 39.9 Å². The summed E-state index contributed by atoms with van der Waals surface area (Å²) in [5, 5.41) is 13.3. The number of thioether (sulfide) groups is 1. The minimum absolute atomic E-state index is 0.0231. The predicted molar refractivity (Wildman–Crippen MR) is 99.1 cm³/mol. The third kappa shape index (κ3) is 6.24. The molecule has 0 spiro atoms. The number of nitrogens with one attached hydrogen (secondary N) is 1. The van der Waals surface area contributed by atoms with E-state index < -0.39 is 11.0 Å². The summed E-state index contributed by atoms with van der Waals surface area (Å²) >= 11 is 1.18. The Balaban J connectivity index is 1.96. The third-order valence-corrected chi connectivity index (χ3v) is 5.05. The van der Waals surface area contributed by atoms with E-state index in [2.05, 4.69) is 5.32 Å². The molecule has 0 radical (unpaired) electrons. The number of benzene rings is 1. The lowest BCUT2D eigenvalue weighted by molar-refractivity contribution is -0.384. The van der Waals surface area contributed by atoms with E-state index in [4.69, 9.17) is 4.74 Å². The lowest BCUT2D eigenvalue weighted by atomic mass is 10.2. The van der Waals surface area contributed by atoms with Crippen molar-refractivity contribution in [1.29, 1.82) is 0 Å². The molecule has 0 saturated carbocycles. The number of rotatable bonds is 6. The largest absolute Gasteiger partial charge is 0.445 e. The molecular formula is C17H21N3O6S. The molecule has 1 aromatic rings. The number of non-ortho nitro benzene ring substituents is 1. The maximum absolute atomic E-state index is 12.5. The van der Waals surface area contributed by atoms with Gasteiger partial charge < -0.3 is 15.0 Å². The molecule has 1 saturated heterocycles. The normalized spacial score (nSPS) is 18.8. The first-order valence-corrected chi connectivity index (χ1v) is 9.22. The van der Waals surface area contributed by atoms with Crippen LogP contribution in [-0.2, 0) is 20.9 Å². The van der Waals surface area contributed by atoms with Crippen LogP contribution in [0.2, 0.25) is 0 Å². The molecule has 0 unspecified atom stereocenters. The zero-order valence-electron chi connectivity index (χ0n) is 15.0. The van der Waals surface area contributed by atoms with Crippen LogP contribution in [0.3, 0.4) is 0 Å². The maximum Gasteiger partial charge on any atom is 0.410 e. The Morgan fingerprint density at radius 1 is 1.30 bits per heavy atom. The molecule has 0 aromatic heterocycles. The first-order valence-electron chi connectivity index (χ1n) is 8.34. The Morgan fingerprint density at radius 2 is 1.96 bits per heavy atom. The number of likely N-dealkylation sites (tertiary alicyclic amines) is 1. The first-order chi connectivity index (χ1) is 12.8. The fourth-order valence-corrected chi connectivity index (χ4v) is 3.84. The number of ether oxygens (including phenoxy) is 1. The van der Waals surface area contributed by atoms with Crippen molar-refractivity contribution in [2.24, 2.45) is 0 Å². The minimum Gasteiger partial charge on any atom is -0.445 e. The molecular weight excluding hydrogens is 374 g/mol. The molecule has 2 amide bonds. The van der Waals surface area contributed by atoms with Gasteiger partial charge in [0, 0.05) is 44.3 Å². The quantitative estimate of drug-likeness (QED) is 0.578. The van der Waals surface area contributed by atoms with Crippen molar-refractivity contribution in [1.82, 2.24) is 10.2 Å². The van der Waals surface area contributed by atoms with Gasteiger partial charge >= 0.3 is 6.09 Å². The third-order valence-electron chi connectivity index (χ3n) is 4.04. The van der Waals surface area contributed by atoms with Crippen molar-refractivity contribution < 1.29 is 24.0 Å². The van der Waals surface area contributed by atoms with E-state index in [-0.39, 0.29) is 41.2 Å². The molecule has 1 aromatic carbocycles. The van der Waals surface area contributed by atoms with Crippen molar-refractivity contribution in [3.8, 4) is 0 Å². The summed E-state index contributed by atoms with van der Waals surface area (Å²) in [5.41, 5.74) is 0.588. The van der Waals surface area contributed by atoms with Crippen LogP contribution in [0, 0.1) is 10.1 Å². The number of nitrogens with zero attached hydrogens (tertiary/aromatic N) is 2. The molecule has 1 N–H and O–H groups in total. The van der Waals surface area contributed by atoms with Gasteiger partial charge in [0.1, 0.15) is 6.61 Å². The fourth-order valence-electron chi connectivity index (χ4n) is 2.81. The summed E-state index contributed by atoms with van der Waals surface area (Å²) in [7, 11) is 0. The average Bonchev–Trinajstić information content (AvgIpc) is 3.00. The highest BCUT2D eigenvalue weighted by Gasteiger charge is 2.37. The molecule has 10 heteroatoms. The number of hydrogen-bond acceptors (Lipinski definition) is 7. The number of amides is 2. The van der Waals surface area contributed by atoms with Gasteiger partial charge in [0.05, 0.1) is 11.0 Å². The fraction of sp³-hybridized carbons (Fsp3) is 0.471. The molecule has 27 heavy (non-hydrogen) atoms. The van der Waals surface area contributed by atoms with Crippen LogP contribution in [0.15, 0.2) is 24.3 Å². The smallest absolute Gasteiger partial charge is 0.410 e. The van der Waals surface area contributed by atoms with Gasteiger partial charge in [-0.2, -0.15) is 0 Å². The van der Waals surface area contributed by atoms with Gasteiger partial charge in [0.25, 0.3) is 5.69 Å². The van der Waals surface area contributed by atoms with Gasteiger partial charge in [-0.1, -0.05) is 11.8 Å². The molecule has 0 bridgehead atoms. The summed E-state index contributed by atoms with van der Waals surface area (Å²) in [6.07, 6.45) is 0.0345. The standard InChI is InChI=1S/C17H21N3O6S/c1-11(21)18-8-15-7-16(27-12(2)22)9-19(15)17(23)26-10-13-3-5-14(6-4-13)20(24)25/h3-6,15-16H,7-10H2,1-2H3,(H,18,21)/t15-,16-/m0/s1. The maximum atomic E-state index is 12.5. The van der Waals surface area contributed by atoms with Crippen molar-refractivity contribution in [2.45, 2.75) is 38.2 Å². The van der Waals surface area contributed by atoms with Gasteiger partial charge in [-0.25, -0.2) is 4.79 Å². The first kappa shape index (κ1) is 20.7. The number of hydrogen-bond donors (Lipinski definition) is 1. The lowest BCUT2D eigenvalue weighted by Crippen LogP contribution is -2.42. The predicted octanol–water partition coefficient (Wildman–Crippen LogP) is 2.09. The highest BCUT2D eigenvalue weighted by molar-refractivity contribution is 8.14. The molecule has 1 aliphatic heterocycles. The number of carbonyl (C=O) groups is 3. The highest BCUT2D eigenvalue weighted by Crippen LogP contribution is 2.28. The van der Waals surface area contributed by atoms with E-state index in [0.717, 1.165) is 0 Å². The summed E-state index contributed by atoms with van der Waals surface area (Å²) in [4.78, 5) is 46.7. The van der Waals surface area contributed by atoms with Crippen molar-refractivity contribution in [3.63, 3.8) is 0 Å². The Morgan fingerprint density at radius 3 is 2.52 bits per heavy atom. The minimum atomic E-state index is -0.546. The number of nitro benzene ring substituents is 1. The molecule has 1 fully saturated rings. The molecule has 1 aliphatic rings. The van der Waals surface area contributed by atoms with E-state index in [9.17, 15) is 24.5 Å². The van der Waals surface area contributed by atoms with Crippen molar-refractivity contribution >= 4 is 34.6 Å². The average molecular weight is 395 g/mol. The Labute approximate surface area is 160 Å². The Kier molecular flexibility index (Phi) is 7.17. The Bertz CT molecular complexity index is 724. The van der Waals surface area contributed by atoms with Crippen LogP contribution in [0.5, 0.6) is 0 Å². The van der Waals surface area contributed by atoms with Crippen molar-refractivity contribution in [2.75, 3.05) is 13.1 Å². The van der Waals surface area contributed by atoms with Gasteiger partial charge in [-0.05, 0) is 24.1 Å². The highest BCUT2D eigenvalue weighted by atomic mass is 32.2. The second kappa shape index (κ2) is 9.36. The van der Waals surface area contributed by atoms with Gasteiger partial charge in [-0.15, -0.1) is 0 Å². The van der Waals surface area contributed by atoms with Gasteiger partial charge in [0.2, 0.25) is 5.91 Å². The van der Waals surface area contributed by atoms with Gasteiger partial charge in [-0.3, -0.25) is 19.7 Å². The molecule has 1 heterocycles. The molecule has 146 valence electrons. The van der Waals surface area contributed by atoms with Crippen LogP contribution in [0.1, 0.15) is 25.8 Å². The topological polar surface area (TPSA) is 119 Å². The van der Waals surface area contributed by atoms with Crippen LogP contribution >= 0.6 is 11.8 Å². The van der Waals surface area contributed by atoms with E-state index in [0.29, 0.717) is 18.5 Å². The SMILES string of the molecule is CC(=O)NC[C@@H]1C[C@H](SC(C)=O)CN1C(=O)OCc1ccc([N+](=O)[O-])cc1. The van der Waals surface area contributed by atoms with E-state index >= 15 is 0 Å². The van der Waals surface area contributed by atoms with Crippen LogP contribution < -0.4 is 5.32 Å². The second-order valence-electron chi connectivity index (χ2n) is 6.19. The van der Waals surface area contributed by atoms with Crippen LogP contribution in [0.4, 0.5) is 10.5 Å². The van der Waals surface area contributed by atoms with E-state index in [1.54, 1.807) is 0 Å². The monoisotopic (exact) mass is 395 g/mol. The van der Waals surface area contributed by atoms with E-state index in [1.165, 1.54) is 54.8 Å². The van der Waals surface area contributed by atoms with E-state index in [1.807, 2.05) is 0 Å². The number of carbonyl (C=O) groups excluding carboxylic acids is 3. The zero-order valence-corrected chi connectivity index (χ0v) is 15.9. The Hall–Kier alpha value is -2.62. The molecule has 9 nitrogen and oxygen atoms in total. The van der Waals surface area contributed by atoms with Crippen LogP contribution in [-0.4, -0.2) is 51.3 Å². The van der Waals surface area contributed by atoms with Crippen LogP contribution in [0.25, 0.3) is 0 Å². The summed E-state index contributed by atoms with van der Waals surface area (Å²) in [5.74, 6) is -0.197. The lowest BCUT2D eigenvalue weighted by Gasteiger charge is -2.24. The molecule has 2 atom stereocenters. The summed E-state index contributed by atoms with van der Waals surface area (Å²) in [6.45, 7) is 3.49. The second-order valence-corrected chi connectivity index (χ2v) is 7.67.